The molecule has 9 heteroatoms. The van der Waals surface area contributed by atoms with E-state index in [1.54, 1.807) is 12.1 Å². The highest BCUT2D eigenvalue weighted by molar-refractivity contribution is 6.31. The molecule has 0 saturated carbocycles. The highest BCUT2D eigenvalue weighted by Gasteiger charge is 2.46. The monoisotopic (exact) mass is 468 g/mol. The second kappa shape index (κ2) is 10.7. The van der Waals surface area contributed by atoms with Gasteiger partial charge in [0.25, 0.3) is 0 Å². The van der Waals surface area contributed by atoms with Crippen LogP contribution in [0.4, 0.5) is 0 Å². The van der Waals surface area contributed by atoms with Gasteiger partial charge >= 0.3 is 0 Å². The molecule has 4 N–H and O–H groups in total. The summed E-state index contributed by atoms with van der Waals surface area (Å²) < 4.78 is 22.2. The van der Waals surface area contributed by atoms with Crippen LogP contribution in [0.2, 0.25) is 5.02 Å². The van der Waals surface area contributed by atoms with Gasteiger partial charge in [0.15, 0.2) is 0 Å². The van der Waals surface area contributed by atoms with Crippen LogP contribution >= 0.6 is 11.6 Å². The minimum Gasteiger partial charge on any atom is -0.497 e. The number of aliphatic hydroxyl groups excluding tert-OH is 4. The Balaban J connectivity index is 1.90. The van der Waals surface area contributed by atoms with E-state index < -0.39 is 36.8 Å². The van der Waals surface area contributed by atoms with E-state index in [4.69, 9.17) is 30.5 Å². The third kappa shape index (κ3) is 5.46. The Bertz CT molecular complexity index is 888. The summed E-state index contributed by atoms with van der Waals surface area (Å²) in [6.07, 6.45) is -7.78. The topological polar surface area (TPSA) is 118 Å². The normalized spacial score (nSPS) is 26.4. The number of hydrogen-bond donors (Lipinski definition) is 4. The highest BCUT2D eigenvalue weighted by Crippen LogP contribution is 2.36. The Labute approximate surface area is 191 Å². The van der Waals surface area contributed by atoms with Crippen LogP contribution < -0.4 is 14.2 Å². The third-order valence-electron chi connectivity index (χ3n) is 5.30. The summed E-state index contributed by atoms with van der Waals surface area (Å²) >= 11 is 6.51. The van der Waals surface area contributed by atoms with E-state index >= 15 is 0 Å². The van der Waals surface area contributed by atoms with Crippen molar-refractivity contribution in [3.8, 4) is 17.2 Å². The number of aliphatic hydroxyl groups is 4. The Morgan fingerprint density at radius 2 is 1.72 bits per heavy atom. The second-order valence-electron chi connectivity index (χ2n) is 7.64. The van der Waals surface area contributed by atoms with Crippen molar-refractivity contribution >= 4 is 11.6 Å². The first kappa shape index (κ1) is 24.6. The molecule has 0 amide bonds. The molecule has 2 aromatic carbocycles. The number of halogens is 1. The van der Waals surface area contributed by atoms with Crippen LogP contribution in [0.3, 0.4) is 0 Å². The predicted octanol–water partition coefficient (Wildman–Crippen LogP) is 1.91. The first-order chi connectivity index (χ1) is 15.2. The van der Waals surface area contributed by atoms with Gasteiger partial charge in [0.05, 0.1) is 24.8 Å². The van der Waals surface area contributed by atoms with Crippen molar-refractivity contribution in [2.24, 2.45) is 0 Å². The third-order valence-corrected chi connectivity index (χ3v) is 5.64. The van der Waals surface area contributed by atoms with Crippen LogP contribution in [0.25, 0.3) is 0 Å². The molecule has 2 unspecified atom stereocenters. The SMILES string of the molecule is CCOc1ccc(Cc2c(Cl)cc(OC)cc2O[C@@H]2OC(C(C)O)[C@@H](O)[C@H](O)[C@H]2O)cc1. The van der Waals surface area contributed by atoms with Crippen molar-refractivity contribution in [3.05, 3.63) is 52.5 Å². The number of ether oxygens (including phenoxy) is 4. The minimum atomic E-state index is -1.57. The summed E-state index contributed by atoms with van der Waals surface area (Å²) in [6.45, 7) is 3.89. The molecule has 0 spiro atoms. The molecule has 6 atom stereocenters. The van der Waals surface area contributed by atoms with E-state index in [9.17, 15) is 20.4 Å². The van der Waals surface area contributed by atoms with Crippen LogP contribution in [0.5, 0.6) is 17.2 Å². The van der Waals surface area contributed by atoms with Gasteiger partial charge in [-0.3, -0.25) is 0 Å². The summed E-state index contributed by atoms with van der Waals surface area (Å²) in [5.74, 6) is 1.46. The van der Waals surface area contributed by atoms with Crippen molar-refractivity contribution in [3.63, 3.8) is 0 Å². The fraction of sp³-hybridized carbons (Fsp3) is 0.478. The first-order valence-electron chi connectivity index (χ1n) is 10.4. The Morgan fingerprint density at radius 3 is 2.31 bits per heavy atom. The molecule has 1 heterocycles. The van der Waals surface area contributed by atoms with E-state index in [1.807, 2.05) is 31.2 Å². The molecule has 32 heavy (non-hydrogen) atoms. The zero-order valence-electron chi connectivity index (χ0n) is 18.1. The van der Waals surface area contributed by atoms with Gasteiger partial charge in [-0.15, -0.1) is 0 Å². The quantitative estimate of drug-likeness (QED) is 0.464. The van der Waals surface area contributed by atoms with Crippen LogP contribution in [0.15, 0.2) is 36.4 Å². The average Bonchev–Trinajstić information content (AvgIpc) is 2.77. The molecular formula is C23H29ClO8. The van der Waals surface area contributed by atoms with Crippen LogP contribution in [0, 0.1) is 0 Å². The van der Waals surface area contributed by atoms with Crippen LogP contribution in [0.1, 0.15) is 25.0 Å². The van der Waals surface area contributed by atoms with E-state index in [0.717, 1.165) is 11.3 Å². The smallest absolute Gasteiger partial charge is 0.229 e. The van der Waals surface area contributed by atoms with Gasteiger partial charge < -0.3 is 39.4 Å². The first-order valence-corrected chi connectivity index (χ1v) is 10.8. The maximum absolute atomic E-state index is 10.4. The molecule has 3 rings (SSSR count). The molecule has 2 aromatic rings. The molecule has 0 radical (unpaired) electrons. The second-order valence-corrected chi connectivity index (χ2v) is 8.05. The van der Waals surface area contributed by atoms with Crippen molar-refractivity contribution in [2.75, 3.05) is 13.7 Å². The van der Waals surface area contributed by atoms with E-state index in [2.05, 4.69) is 0 Å². The number of hydrogen-bond acceptors (Lipinski definition) is 8. The van der Waals surface area contributed by atoms with E-state index in [-0.39, 0.29) is 5.75 Å². The molecule has 0 bridgehead atoms. The molecule has 8 nitrogen and oxygen atoms in total. The average molecular weight is 469 g/mol. The zero-order valence-corrected chi connectivity index (χ0v) is 18.9. The van der Waals surface area contributed by atoms with Gasteiger partial charge in [0.2, 0.25) is 6.29 Å². The summed E-state index contributed by atoms with van der Waals surface area (Å²) in [5, 5.41) is 41.0. The zero-order chi connectivity index (χ0) is 23.4. The van der Waals surface area contributed by atoms with Crippen molar-refractivity contribution < 1.29 is 39.4 Å². The van der Waals surface area contributed by atoms with E-state index in [1.165, 1.54) is 14.0 Å². The predicted molar refractivity (Wildman–Crippen MR) is 117 cm³/mol. The lowest BCUT2D eigenvalue weighted by Gasteiger charge is -2.41. The van der Waals surface area contributed by atoms with Gasteiger partial charge in [0, 0.05) is 18.1 Å². The Hall–Kier alpha value is -2.07. The fourth-order valence-corrected chi connectivity index (χ4v) is 3.82. The lowest BCUT2D eigenvalue weighted by atomic mass is 9.96. The molecule has 1 saturated heterocycles. The van der Waals surface area contributed by atoms with Crippen molar-refractivity contribution in [1.82, 2.24) is 0 Å². The molecule has 0 aliphatic carbocycles. The van der Waals surface area contributed by atoms with Gasteiger partial charge in [-0.05, 0) is 37.6 Å². The number of rotatable bonds is 8. The highest BCUT2D eigenvalue weighted by atomic mass is 35.5. The fourth-order valence-electron chi connectivity index (χ4n) is 3.55. The van der Waals surface area contributed by atoms with E-state index in [0.29, 0.717) is 29.4 Å². The summed E-state index contributed by atoms with van der Waals surface area (Å²) in [4.78, 5) is 0. The maximum Gasteiger partial charge on any atom is 0.229 e. The van der Waals surface area contributed by atoms with Gasteiger partial charge in [-0.1, -0.05) is 23.7 Å². The molecule has 176 valence electrons. The van der Waals surface area contributed by atoms with Gasteiger partial charge in [-0.25, -0.2) is 0 Å². The van der Waals surface area contributed by atoms with Gasteiger partial charge in [-0.2, -0.15) is 0 Å². The lowest BCUT2D eigenvalue weighted by Crippen LogP contribution is -2.61. The lowest BCUT2D eigenvalue weighted by molar-refractivity contribution is -0.286. The molecule has 0 aromatic heterocycles. The number of methoxy groups -OCH3 is 1. The molecule has 1 fully saturated rings. The van der Waals surface area contributed by atoms with Crippen molar-refractivity contribution in [1.29, 1.82) is 0 Å². The summed E-state index contributed by atoms with van der Waals surface area (Å²) in [5.41, 5.74) is 1.55. The van der Waals surface area contributed by atoms with Crippen LogP contribution in [-0.2, 0) is 11.2 Å². The summed E-state index contributed by atoms with van der Waals surface area (Å²) in [7, 11) is 1.48. The molecule has 1 aliphatic rings. The van der Waals surface area contributed by atoms with Crippen LogP contribution in [-0.4, -0.2) is 71.0 Å². The summed E-state index contributed by atoms with van der Waals surface area (Å²) in [6, 6.07) is 10.8. The largest absolute Gasteiger partial charge is 0.497 e. The number of benzene rings is 2. The Kier molecular flexibility index (Phi) is 8.21. The Morgan fingerprint density at radius 1 is 1.03 bits per heavy atom. The molecular weight excluding hydrogens is 440 g/mol. The van der Waals surface area contributed by atoms with Gasteiger partial charge in [0.1, 0.15) is 41.7 Å². The molecule has 1 aliphatic heterocycles. The standard InChI is InChI=1S/C23H29ClO8/c1-4-30-14-7-5-13(6-8-14)9-16-17(24)10-15(29-3)11-18(16)31-23-21(28)19(26)20(27)22(32-23)12(2)25/h5-8,10-12,19-23,25-28H,4,9H2,1-3H3/t12?,19-,20-,21+,22?,23+/m0/s1. The minimum absolute atomic E-state index is 0.278. The maximum atomic E-state index is 10.4. The van der Waals surface area contributed by atoms with Crippen molar-refractivity contribution in [2.45, 2.75) is 57.1 Å².